The number of benzene rings is 3. The number of hydrogen-bond acceptors (Lipinski definition) is 4. The van der Waals surface area contributed by atoms with Gasteiger partial charge in [0, 0.05) is 44.4 Å². The normalized spacial score (nSPS) is 13.7. The summed E-state index contributed by atoms with van der Waals surface area (Å²) in [5, 5.41) is 0. The number of H-pyrrole nitrogens is 2. The Morgan fingerprint density at radius 2 is 0.708 bits per heavy atom. The van der Waals surface area contributed by atoms with Crippen molar-refractivity contribution in [3.05, 3.63) is 141 Å². The Labute approximate surface area is 430 Å². The first-order valence-corrected chi connectivity index (χ1v) is 25.8. The maximum atomic E-state index is 13.9. The van der Waals surface area contributed by atoms with E-state index in [0.29, 0.717) is 28.0 Å². The molecule has 6 nitrogen and oxygen atoms in total. The standard InChI is InChI=1S/C66H78N4O2/c1-37(71)48-34-56-59(40-27-44(63(9,10)11)32-45(28-40)64(12,13)14)52-23-21-50(67-52)58(39-25-42(61(3,4)5)31-43(26-39)62(6,7)8)51-22-24-53(68-51)60(57-35-49(38(2)72)55(70-57)36-54(48)69-56)41-29-46(65(15,16)17)33-47(30-41)66(18,19)20/h21-36,67,70H,1-20H3. The smallest absolute Gasteiger partial charge is 0.162 e. The highest BCUT2D eigenvalue weighted by Crippen LogP contribution is 2.43. The van der Waals surface area contributed by atoms with Crippen LogP contribution < -0.4 is 0 Å². The quantitative estimate of drug-likeness (QED) is 0.168. The van der Waals surface area contributed by atoms with Crippen molar-refractivity contribution in [3.63, 3.8) is 0 Å². The van der Waals surface area contributed by atoms with E-state index in [0.717, 1.165) is 61.3 Å². The van der Waals surface area contributed by atoms with E-state index in [1.165, 1.54) is 33.4 Å². The number of Topliss-reactive ketones (excluding diaryl/α,β-unsaturated/α-hetero) is 2. The summed E-state index contributed by atoms with van der Waals surface area (Å²) < 4.78 is 0. The first-order chi connectivity index (χ1) is 33.1. The summed E-state index contributed by atoms with van der Waals surface area (Å²) in [5.74, 6) is -0.215. The predicted octanol–water partition coefficient (Wildman–Crippen LogP) is 17.6. The molecule has 0 spiro atoms. The molecule has 0 unspecified atom stereocenters. The zero-order valence-electron chi connectivity index (χ0n) is 46.9. The second kappa shape index (κ2) is 17.7. The van der Waals surface area contributed by atoms with Crippen LogP contribution in [0, 0.1) is 0 Å². The van der Waals surface area contributed by atoms with Crippen molar-refractivity contribution in [1.82, 2.24) is 19.9 Å². The van der Waals surface area contributed by atoms with E-state index in [1.54, 1.807) is 13.8 Å². The van der Waals surface area contributed by atoms with Crippen LogP contribution in [0.5, 0.6) is 0 Å². The Morgan fingerprint density at radius 1 is 0.375 bits per heavy atom. The summed E-state index contributed by atoms with van der Waals surface area (Å²) in [6, 6.07) is 29.0. The number of carbonyl (C=O) groups is 2. The molecule has 6 heteroatoms. The predicted molar refractivity (Wildman–Crippen MR) is 307 cm³/mol. The number of rotatable bonds is 5. The molecule has 374 valence electrons. The van der Waals surface area contributed by atoms with Crippen LogP contribution in [0.2, 0.25) is 0 Å². The highest BCUT2D eigenvalue weighted by molar-refractivity contribution is 6.25. The van der Waals surface area contributed by atoms with Gasteiger partial charge in [-0.1, -0.05) is 179 Å². The molecule has 0 amide bonds. The van der Waals surface area contributed by atoms with Crippen LogP contribution in [0.3, 0.4) is 0 Å². The summed E-state index contributed by atoms with van der Waals surface area (Å²) in [6.07, 6.45) is 6.22. The monoisotopic (exact) mass is 959 g/mol. The number of aromatic nitrogens is 4. The molecule has 5 heterocycles. The average molecular weight is 959 g/mol. The third-order valence-electron chi connectivity index (χ3n) is 14.4. The fraction of sp³-hybridized carbons (Fsp3) is 0.394. The largest absolute Gasteiger partial charge is 0.354 e. The maximum Gasteiger partial charge on any atom is 0.162 e. The lowest BCUT2D eigenvalue weighted by Crippen LogP contribution is -2.16. The van der Waals surface area contributed by atoms with Gasteiger partial charge in [0.2, 0.25) is 0 Å². The molecule has 0 radical (unpaired) electrons. The van der Waals surface area contributed by atoms with Gasteiger partial charge in [-0.05, 0) is 139 Å². The van der Waals surface area contributed by atoms with Crippen LogP contribution in [-0.4, -0.2) is 31.5 Å². The van der Waals surface area contributed by atoms with E-state index < -0.39 is 0 Å². The zero-order chi connectivity index (χ0) is 53.0. The molecule has 0 fully saturated rings. The molecule has 3 aromatic heterocycles. The molecule has 72 heavy (non-hydrogen) atoms. The molecule has 2 N–H and O–H groups in total. The van der Waals surface area contributed by atoms with Crippen molar-refractivity contribution in [2.75, 3.05) is 0 Å². The summed E-state index contributed by atoms with van der Waals surface area (Å²) >= 11 is 0. The first kappa shape index (κ1) is 51.9. The van der Waals surface area contributed by atoms with E-state index >= 15 is 0 Å². The molecule has 0 saturated heterocycles. The Kier molecular flexibility index (Phi) is 12.7. The molecule has 0 atom stereocenters. The number of nitrogens with zero attached hydrogens (tertiary/aromatic N) is 2. The number of allylic oxidation sites excluding steroid dienone is 1. The van der Waals surface area contributed by atoms with E-state index in [1.807, 2.05) is 18.2 Å². The molecular weight excluding hydrogens is 881 g/mol. The second-order valence-corrected chi connectivity index (χ2v) is 26.7. The topological polar surface area (TPSA) is 91.5 Å². The highest BCUT2D eigenvalue weighted by atomic mass is 16.1. The number of hydrogen-bond donors (Lipinski definition) is 2. The van der Waals surface area contributed by atoms with Gasteiger partial charge in [-0.25, -0.2) is 9.97 Å². The van der Waals surface area contributed by atoms with Crippen molar-refractivity contribution >= 4 is 57.4 Å². The first-order valence-electron chi connectivity index (χ1n) is 25.8. The number of fused-ring (bicyclic) bond motifs is 8. The fourth-order valence-corrected chi connectivity index (χ4v) is 9.67. The van der Waals surface area contributed by atoms with Crippen LogP contribution in [0.15, 0.2) is 78.9 Å². The third-order valence-corrected chi connectivity index (χ3v) is 14.4. The van der Waals surface area contributed by atoms with Gasteiger partial charge in [0.15, 0.2) is 11.6 Å². The summed E-state index contributed by atoms with van der Waals surface area (Å²) in [6.45, 7) is 43.9. The molecule has 0 aliphatic carbocycles. The van der Waals surface area contributed by atoms with Crippen LogP contribution in [0.1, 0.15) is 205 Å². The fourth-order valence-electron chi connectivity index (χ4n) is 9.67. The van der Waals surface area contributed by atoms with Crippen molar-refractivity contribution < 1.29 is 9.59 Å². The van der Waals surface area contributed by atoms with Crippen molar-refractivity contribution in [2.45, 2.75) is 171 Å². The minimum Gasteiger partial charge on any atom is -0.354 e. The van der Waals surface area contributed by atoms with Crippen LogP contribution in [0.25, 0.3) is 79.2 Å². The summed E-state index contributed by atoms with van der Waals surface area (Å²) in [4.78, 5) is 46.6. The van der Waals surface area contributed by atoms with Crippen molar-refractivity contribution in [3.8, 4) is 33.4 Å². The molecular formula is C66H78N4O2. The van der Waals surface area contributed by atoms with Crippen LogP contribution in [0.4, 0.5) is 0 Å². The van der Waals surface area contributed by atoms with Gasteiger partial charge < -0.3 is 9.97 Å². The van der Waals surface area contributed by atoms with E-state index in [-0.39, 0.29) is 44.1 Å². The number of nitrogens with one attached hydrogen (secondary N) is 2. The lowest BCUT2D eigenvalue weighted by molar-refractivity contribution is -0.111. The van der Waals surface area contributed by atoms with E-state index in [2.05, 4.69) is 213 Å². The Balaban J connectivity index is 1.66. The lowest BCUT2D eigenvalue weighted by Gasteiger charge is -2.26. The SMILES string of the molecule is CC(=O)C1=Cc2nc1cc1[nH]c(cc1C(C)=O)c(-c1cc(C(C)(C)C)cc(C(C)(C)C)c1)c1nc(c(-c3cc(C(C)(C)C)cc(C(C)(C)C)c3)c3ccc([nH]3)c2-c2cc(C(C)(C)C)cc(C(C)(C)C)c2)C=C1. The van der Waals surface area contributed by atoms with Crippen molar-refractivity contribution in [2.24, 2.45) is 0 Å². The summed E-state index contributed by atoms with van der Waals surface area (Å²) in [7, 11) is 0. The Morgan fingerprint density at radius 3 is 1.04 bits per heavy atom. The van der Waals surface area contributed by atoms with Gasteiger partial charge >= 0.3 is 0 Å². The highest BCUT2D eigenvalue weighted by Gasteiger charge is 2.28. The Bertz CT molecular complexity index is 3350. The molecule has 8 bridgehead atoms. The minimum absolute atomic E-state index is 0.101. The number of aromatic amines is 2. The number of ketones is 2. The third kappa shape index (κ3) is 10.3. The summed E-state index contributed by atoms with van der Waals surface area (Å²) in [5.41, 5.74) is 19.0. The van der Waals surface area contributed by atoms with Crippen molar-refractivity contribution in [1.29, 1.82) is 0 Å². The van der Waals surface area contributed by atoms with Gasteiger partial charge in [0.1, 0.15) is 0 Å². The van der Waals surface area contributed by atoms with Crippen LogP contribution in [-0.2, 0) is 37.3 Å². The van der Waals surface area contributed by atoms with E-state index in [9.17, 15) is 9.59 Å². The zero-order valence-corrected chi connectivity index (χ0v) is 46.9. The van der Waals surface area contributed by atoms with Gasteiger partial charge in [0.25, 0.3) is 0 Å². The maximum absolute atomic E-state index is 13.9. The second-order valence-electron chi connectivity index (χ2n) is 26.7. The molecule has 8 rings (SSSR count). The van der Waals surface area contributed by atoms with Crippen LogP contribution >= 0.6 is 0 Å². The molecule has 3 aromatic carbocycles. The number of carbonyl (C=O) groups excluding carboxylic acids is 2. The van der Waals surface area contributed by atoms with Gasteiger partial charge in [-0.2, -0.15) is 0 Å². The van der Waals surface area contributed by atoms with Gasteiger partial charge in [-0.15, -0.1) is 0 Å². The molecule has 2 aliphatic heterocycles. The molecule has 0 saturated carbocycles. The Hall–Kier alpha value is -6.40. The van der Waals surface area contributed by atoms with Gasteiger partial charge in [-0.3, -0.25) is 9.59 Å². The lowest BCUT2D eigenvalue weighted by atomic mass is 9.78. The molecule has 2 aliphatic rings. The van der Waals surface area contributed by atoms with E-state index in [4.69, 9.17) is 9.97 Å². The average Bonchev–Trinajstić information content (AvgIpc) is 4.08. The molecule has 6 aromatic rings. The van der Waals surface area contributed by atoms with Gasteiger partial charge in [0.05, 0.1) is 28.3 Å². The minimum atomic E-state index is -0.156.